The van der Waals surface area contributed by atoms with Crippen molar-refractivity contribution in [3.63, 3.8) is 0 Å². The molecule has 0 N–H and O–H groups in total. The number of fused-ring (bicyclic) bond motifs is 1. The molecule has 0 radical (unpaired) electrons. The summed E-state index contributed by atoms with van der Waals surface area (Å²) in [7, 11) is 0. The Morgan fingerprint density at radius 3 is 2.86 bits per heavy atom. The molecule has 3 nitrogen and oxygen atoms in total. The minimum absolute atomic E-state index is 0.137. The van der Waals surface area contributed by atoms with Crippen LogP contribution in [0.25, 0.3) is 5.65 Å². The number of aromatic nitrogens is 3. The lowest BCUT2D eigenvalue weighted by molar-refractivity contribution is 0.146. The Morgan fingerprint density at radius 1 is 1.50 bits per heavy atom. The van der Waals surface area contributed by atoms with E-state index in [0.717, 1.165) is 11.6 Å². The van der Waals surface area contributed by atoms with Gasteiger partial charge in [0.25, 0.3) is 6.43 Å². The van der Waals surface area contributed by atoms with Gasteiger partial charge in [0.15, 0.2) is 5.65 Å². The van der Waals surface area contributed by atoms with Crippen LogP contribution in [0.5, 0.6) is 0 Å². The van der Waals surface area contributed by atoms with Gasteiger partial charge in [-0.2, -0.15) is 5.10 Å². The summed E-state index contributed by atoms with van der Waals surface area (Å²) in [5, 5.41) is 4.03. The predicted molar refractivity (Wildman–Crippen MR) is 47.7 cm³/mol. The fourth-order valence-corrected chi connectivity index (χ4v) is 1.40. The monoisotopic (exact) mass is 217 g/mol. The van der Waals surface area contributed by atoms with Gasteiger partial charge < -0.3 is 0 Å². The summed E-state index contributed by atoms with van der Waals surface area (Å²) in [6, 6.07) is 1.12. The van der Waals surface area contributed by atoms with Crippen molar-refractivity contribution < 1.29 is 8.78 Å². The highest BCUT2D eigenvalue weighted by Crippen LogP contribution is 2.22. The van der Waals surface area contributed by atoms with Crippen LogP contribution in [-0.4, -0.2) is 14.6 Å². The van der Waals surface area contributed by atoms with E-state index in [1.165, 1.54) is 10.7 Å². The normalized spacial score (nSPS) is 11.5. The van der Waals surface area contributed by atoms with E-state index in [2.05, 4.69) is 10.1 Å². The first-order valence-electron chi connectivity index (χ1n) is 3.88. The minimum Gasteiger partial charge on any atom is -0.227 e. The van der Waals surface area contributed by atoms with Gasteiger partial charge in [-0.1, -0.05) is 11.6 Å². The first-order chi connectivity index (χ1) is 6.59. The van der Waals surface area contributed by atoms with Crippen molar-refractivity contribution in [1.82, 2.24) is 14.6 Å². The molecule has 0 aromatic carbocycles. The molecule has 74 valence electrons. The molecule has 2 rings (SSSR count). The summed E-state index contributed by atoms with van der Waals surface area (Å²) in [5.74, 6) is 0. The minimum atomic E-state index is -2.62. The molecule has 2 aromatic rings. The van der Waals surface area contributed by atoms with E-state index in [-0.39, 0.29) is 10.8 Å². The van der Waals surface area contributed by atoms with Crippen LogP contribution in [0.2, 0.25) is 5.15 Å². The molecule has 0 aliphatic heterocycles. The molecule has 0 saturated carbocycles. The van der Waals surface area contributed by atoms with Crippen molar-refractivity contribution in [1.29, 1.82) is 0 Å². The third kappa shape index (κ3) is 1.33. The summed E-state index contributed by atoms with van der Waals surface area (Å²) >= 11 is 5.75. The van der Waals surface area contributed by atoms with Gasteiger partial charge in [-0.05, 0) is 6.92 Å². The Kier molecular flexibility index (Phi) is 2.11. The topological polar surface area (TPSA) is 30.2 Å². The van der Waals surface area contributed by atoms with Gasteiger partial charge in [0.1, 0.15) is 10.8 Å². The molecule has 0 fully saturated rings. The van der Waals surface area contributed by atoms with E-state index in [0.29, 0.717) is 5.65 Å². The molecule has 0 aliphatic carbocycles. The summed E-state index contributed by atoms with van der Waals surface area (Å²) in [6.07, 6.45) is -1.09. The standard InChI is InChI=1S/C8H6ClF2N3/c1-4-3-12-14-6(9)2-5(7(10)11)13-8(4)14/h2-3,7H,1H3. The molecule has 0 bridgehead atoms. The van der Waals surface area contributed by atoms with Gasteiger partial charge in [-0.15, -0.1) is 0 Å². The predicted octanol–water partition coefficient (Wildman–Crippen LogP) is 2.63. The fraction of sp³-hybridized carbons (Fsp3) is 0.250. The molecule has 0 amide bonds. The van der Waals surface area contributed by atoms with Crippen LogP contribution in [0.15, 0.2) is 12.3 Å². The second kappa shape index (κ2) is 3.16. The van der Waals surface area contributed by atoms with E-state index >= 15 is 0 Å². The Labute approximate surface area is 83.3 Å². The van der Waals surface area contributed by atoms with Crippen LogP contribution in [-0.2, 0) is 0 Å². The van der Waals surface area contributed by atoms with Crippen LogP contribution < -0.4 is 0 Å². The van der Waals surface area contributed by atoms with Gasteiger partial charge in [-0.25, -0.2) is 18.3 Å². The molecule has 14 heavy (non-hydrogen) atoms. The molecular weight excluding hydrogens is 212 g/mol. The summed E-state index contributed by atoms with van der Waals surface area (Å²) in [5.41, 5.74) is 0.758. The summed E-state index contributed by atoms with van der Waals surface area (Å²) in [6.45, 7) is 1.74. The fourth-order valence-electron chi connectivity index (χ4n) is 1.17. The maximum atomic E-state index is 12.4. The number of rotatable bonds is 1. The van der Waals surface area contributed by atoms with Crippen molar-refractivity contribution in [3.8, 4) is 0 Å². The SMILES string of the molecule is Cc1cnn2c(Cl)cc(C(F)F)nc12. The van der Waals surface area contributed by atoms with Crippen molar-refractivity contribution in [2.75, 3.05) is 0 Å². The van der Waals surface area contributed by atoms with E-state index in [4.69, 9.17) is 11.6 Å². The van der Waals surface area contributed by atoms with E-state index in [1.54, 1.807) is 6.92 Å². The summed E-state index contributed by atoms with van der Waals surface area (Å²) in [4.78, 5) is 3.76. The van der Waals surface area contributed by atoms with Crippen LogP contribution in [0, 0.1) is 6.92 Å². The van der Waals surface area contributed by atoms with E-state index in [1.807, 2.05) is 0 Å². The van der Waals surface area contributed by atoms with Gasteiger partial charge >= 0.3 is 0 Å². The molecule has 0 spiro atoms. The highest BCUT2D eigenvalue weighted by molar-refractivity contribution is 6.29. The van der Waals surface area contributed by atoms with Crippen molar-refractivity contribution in [2.24, 2.45) is 0 Å². The number of alkyl halides is 2. The third-order valence-corrected chi connectivity index (χ3v) is 2.12. The quantitative estimate of drug-likeness (QED) is 0.688. The van der Waals surface area contributed by atoms with Gasteiger partial charge in [0.05, 0.1) is 6.20 Å². The van der Waals surface area contributed by atoms with Crippen LogP contribution in [0.1, 0.15) is 17.7 Å². The van der Waals surface area contributed by atoms with Crippen LogP contribution >= 0.6 is 11.6 Å². The van der Waals surface area contributed by atoms with Gasteiger partial charge in [-0.3, -0.25) is 0 Å². The largest absolute Gasteiger partial charge is 0.280 e. The van der Waals surface area contributed by atoms with E-state index in [9.17, 15) is 8.78 Å². The Morgan fingerprint density at radius 2 is 2.21 bits per heavy atom. The Balaban J connectivity index is 2.75. The van der Waals surface area contributed by atoms with Crippen molar-refractivity contribution in [3.05, 3.63) is 28.7 Å². The zero-order chi connectivity index (χ0) is 10.3. The lowest BCUT2D eigenvalue weighted by Gasteiger charge is -2.02. The van der Waals surface area contributed by atoms with Crippen molar-refractivity contribution in [2.45, 2.75) is 13.3 Å². The lowest BCUT2D eigenvalue weighted by Crippen LogP contribution is -1.98. The van der Waals surface area contributed by atoms with Gasteiger partial charge in [0, 0.05) is 11.6 Å². The third-order valence-electron chi connectivity index (χ3n) is 1.85. The lowest BCUT2D eigenvalue weighted by atomic mass is 10.3. The maximum absolute atomic E-state index is 12.4. The van der Waals surface area contributed by atoms with E-state index < -0.39 is 6.43 Å². The average molecular weight is 218 g/mol. The second-order valence-corrected chi connectivity index (χ2v) is 3.25. The zero-order valence-corrected chi connectivity index (χ0v) is 7.96. The highest BCUT2D eigenvalue weighted by Gasteiger charge is 2.13. The first-order valence-corrected chi connectivity index (χ1v) is 4.26. The molecule has 2 heterocycles. The molecule has 0 saturated heterocycles. The molecule has 0 atom stereocenters. The highest BCUT2D eigenvalue weighted by atomic mass is 35.5. The smallest absolute Gasteiger partial charge is 0.227 e. The maximum Gasteiger partial charge on any atom is 0.280 e. The Bertz CT molecular complexity index is 481. The number of halogens is 3. The second-order valence-electron chi connectivity index (χ2n) is 2.87. The number of nitrogens with zero attached hydrogens (tertiary/aromatic N) is 3. The summed E-state index contributed by atoms with van der Waals surface area (Å²) < 4.78 is 26.0. The zero-order valence-electron chi connectivity index (χ0n) is 7.21. The molecule has 0 unspecified atom stereocenters. The van der Waals surface area contributed by atoms with Crippen LogP contribution in [0.3, 0.4) is 0 Å². The number of hydrogen-bond acceptors (Lipinski definition) is 2. The van der Waals surface area contributed by atoms with Crippen LogP contribution in [0.4, 0.5) is 8.78 Å². The number of hydrogen-bond donors (Lipinski definition) is 0. The van der Waals surface area contributed by atoms with Gasteiger partial charge in [0.2, 0.25) is 0 Å². The average Bonchev–Trinajstić information content (AvgIpc) is 2.48. The molecule has 2 aromatic heterocycles. The number of aryl methyl sites for hydroxylation is 1. The molecular formula is C8H6ClF2N3. The van der Waals surface area contributed by atoms with Crippen molar-refractivity contribution >= 4 is 17.2 Å². The molecule has 0 aliphatic rings. The molecule has 6 heteroatoms. The Hall–Kier alpha value is -1.23. The first kappa shape index (κ1) is 9.33.